The SMILES string of the molecule is CC(C)NC(=O)[C@@H](C)N(CCc1ccccc1)C(=O)CN(c1ccccc1F)S(=O)(=O)N(C)C. The van der Waals surface area contributed by atoms with Crippen molar-refractivity contribution in [1.29, 1.82) is 0 Å². The van der Waals surface area contributed by atoms with Gasteiger partial charge < -0.3 is 10.2 Å². The fraction of sp³-hybridized carbons (Fsp3) is 0.417. The Bertz CT molecular complexity index is 1080. The van der Waals surface area contributed by atoms with E-state index in [0.29, 0.717) is 6.42 Å². The van der Waals surface area contributed by atoms with Crippen molar-refractivity contribution in [2.24, 2.45) is 0 Å². The summed E-state index contributed by atoms with van der Waals surface area (Å²) >= 11 is 0. The van der Waals surface area contributed by atoms with E-state index in [4.69, 9.17) is 0 Å². The second-order valence-electron chi connectivity index (χ2n) is 8.41. The van der Waals surface area contributed by atoms with E-state index >= 15 is 0 Å². The van der Waals surface area contributed by atoms with E-state index in [1.807, 2.05) is 44.2 Å². The average Bonchev–Trinajstić information content (AvgIpc) is 2.78. The highest BCUT2D eigenvalue weighted by Crippen LogP contribution is 2.23. The van der Waals surface area contributed by atoms with Crippen molar-refractivity contribution < 1.29 is 22.4 Å². The lowest BCUT2D eigenvalue weighted by molar-refractivity contribution is -0.139. The fourth-order valence-corrected chi connectivity index (χ4v) is 4.40. The first-order valence-electron chi connectivity index (χ1n) is 11.0. The van der Waals surface area contributed by atoms with Crippen LogP contribution in [0.1, 0.15) is 26.3 Å². The second-order valence-corrected chi connectivity index (χ2v) is 10.5. The lowest BCUT2D eigenvalue weighted by atomic mass is 10.1. The number of rotatable bonds is 11. The van der Waals surface area contributed by atoms with E-state index in [0.717, 1.165) is 20.2 Å². The molecule has 8 nitrogen and oxygen atoms in total. The zero-order chi connectivity index (χ0) is 25.5. The molecule has 10 heteroatoms. The molecule has 0 aliphatic heterocycles. The maximum absolute atomic E-state index is 14.6. The molecule has 0 fully saturated rings. The molecule has 0 unspecified atom stereocenters. The molecule has 186 valence electrons. The monoisotopic (exact) mass is 492 g/mol. The van der Waals surface area contributed by atoms with Crippen molar-refractivity contribution in [2.75, 3.05) is 31.5 Å². The molecule has 0 aliphatic rings. The van der Waals surface area contributed by atoms with Crippen LogP contribution in [0.15, 0.2) is 54.6 Å². The van der Waals surface area contributed by atoms with Gasteiger partial charge in [0, 0.05) is 26.7 Å². The summed E-state index contributed by atoms with van der Waals surface area (Å²) in [6.45, 7) is 4.74. The number of para-hydroxylation sites is 1. The molecule has 2 aromatic carbocycles. The van der Waals surface area contributed by atoms with Gasteiger partial charge in [0.25, 0.3) is 0 Å². The highest BCUT2D eigenvalue weighted by molar-refractivity contribution is 7.90. The Balaban J connectivity index is 2.39. The zero-order valence-electron chi connectivity index (χ0n) is 20.2. The topological polar surface area (TPSA) is 90.0 Å². The molecule has 1 N–H and O–H groups in total. The summed E-state index contributed by atoms with van der Waals surface area (Å²) in [6, 6.07) is 13.8. The molecule has 0 spiro atoms. The maximum atomic E-state index is 14.6. The number of benzene rings is 2. The first kappa shape index (κ1) is 27.3. The van der Waals surface area contributed by atoms with Crippen LogP contribution in [0.25, 0.3) is 0 Å². The Hall–Kier alpha value is -2.98. The van der Waals surface area contributed by atoms with E-state index in [9.17, 15) is 22.4 Å². The molecule has 2 aromatic rings. The first-order valence-corrected chi connectivity index (χ1v) is 12.4. The predicted octanol–water partition coefficient (Wildman–Crippen LogP) is 2.42. The third kappa shape index (κ3) is 7.01. The van der Waals surface area contributed by atoms with E-state index < -0.39 is 34.5 Å². The van der Waals surface area contributed by atoms with Crippen LogP contribution in [0.4, 0.5) is 10.1 Å². The maximum Gasteiger partial charge on any atom is 0.304 e. The Morgan fingerprint density at radius 2 is 1.56 bits per heavy atom. The molecular formula is C24H33FN4O4S. The average molecular weight is 493 g/mol. The molecule has 34 heavy (non-hydrogen) atoms. The molecule has 1 atom stereocenters. The van der Waals surface area contributed by atoms with Crippen molar-refractivity contribution in [1.82, 2.24) is 14.5 Å². The molecule has 0 heterocycles. The largest absolute Gasteiger partial charge is 0.352 e. The van der Waals surface area contributed by atoms with Crippen molar-refractivity contribution in [3.05, 3.63) is 66.0 Å². The first-order chi connectivity index (χ1) is 15.9. The number of carbonyl (C=O) groups excluding carboxylic acids is 2. The number of nitrogens with one attached hydrogen (secondary N) is 1. The molecule has 2 amide bonds. The Kier molecular flexibility index (Phi) is 9.57. The highest BCUT2D eigenvalue weighted by atomic mass is 32.2. The van der Waals surface area contributed by atoms with Crippen LogP contribution < -0.4 is 9.62 Å². The van der Waals surface area contributed by atoms with Gasteiger partial charge in [-0.2, -0.15) is 12.7 Å². The summed E-state index contributed by atoms with van der Waals surface area (Å²) in [7, 11) is -1.59. The number of carbonyl (C=O) groups is 2. The summed E-state index contributed by atoms with van der Waals surface area (Å²) in [5.41, 5.74) is 0.718. The van der Waals surface area contributed by atoms with Crippen LogP contribution in [0.5, 0.6) is 0 Å². The van der Waals surface area contributed by atoms with Crippen LogP contribution in [-0.4, -0.2) is 68.7 Å². The number of anilines is 1. The third-order valence-corrected chi connectivity index (χ3v) is 7.03. The quantitative estimate of drug-likeness (QED) is 0.522. The summed E-state index contributed by atoms with van der Waals surface area (Å²) in [5, 5.41) is 2.79. The van der Waals surface area contributed by atoms with Gasteiger partial charge in [0.1, 0.15) is 18.4 Å². The van der Waals surface area contributed by atoms with Gasteiger partial charge in [-0.1, -0.05) is 42.5 Å². The number of hydrogen-bond acceptors (Lipinski definition) is 4. The number of halogens is 1. The molecule has 0 saturated heterocycles. The van der Waals surface area contributed by atoms with Crippen LogP contribution in [0.3, 0.4) is 0 Å². The highest BCUT2D eigenvalue weighted by Gasteiger charge is 2.33. The van der Waals surface area contributed by atoms with Crippen molar-refractivity contribution in [3.8, 4) is 0 Å². The molecule has 2 rings (SSSR count). The van der Waals surface area contributed by atoms with Gasteiger partial charge in [-0.25, -0.2) is 8.70 Å². The van der Waals surface area contributed by atoms with Crippen LogP contribution >= 0.6 is 0 Å². The zero-order valence-corrected chi connectivity index (χ0v) is 21.0. The molecular weight excluding hydrogens is 459 g/mol. The van der Waals surface area contributed by atoms with E-state index in [1.54, 1.807) is 6.92 Å². The van der Waals surface area contributed by atoms with Gasteiger partial charge in [-0.15, -0.1) is 0 Å². The van der Waals surface area contributed by atoms with E-state index in [-0.39, 0.29) is 24.2 Å². The van der Waals surface area contributed by atoms with Gasteiger partial charge in [0.15, 0.2) is 0 Å². The van der Waals surface area contributed by atoms with Gasteiger partial charge in [0.2, 0.25) is 11.8 Å². The normalized spacial score (nSPS) is 12.5. The van der Waals surface area contributed by atoms with Crippen LogP contribution in [0, 0.1) is 5.82 Å². The molecule has 0 bridgehead atoms. The smallest absolute Gasteiger partial charge is 0.304 e. The second kappa shape index (κ2) is 11.9. The van der Waals surface area contributed by atoms with Gasteiger partial charge in [-0.05, 0) is 44.9 Å². The van der Waals surface area contributed by atoms with Crippen molar-refractivity contribution >= 4 is 27.7 Å². The minimum absolute atomic E-state index is 0.134. The van der Waals surface area contributed by atoms with Crippen LogP contribution in [-0.2, 0) is 26.2 Å². The van der Waals surface area contributed by atoms with Gasteiger partial charge in [-0.3, -0.25) is 9.59 Å². The third-order valence-electron chi connectivity index (χ3n) is 5.22. The molecule has 0 radical (unpaired) electrons. The molecule has 0 saturated carbocycles. The van der Waals surface area contributed by atoms with Gasteiger partial charge >= 0.3 is 10.2 Å². The number of amides is 2. The number of hydrogen-bond donors (Lipinski definition) is 1. The lowest BCUT2D eigenvalue weighted by Gasteiger charge is -2.33. The van der Waals surface area contributed by atoms with Crippen molar-refractivity contribution in [3.63, 3.8) is 0 Å². The number of nitrogens with zero attached hydrogens (tertiary/aromatic N) is 3. The summed E-state index contributed by atoms with van der Waals surface area (Å²) < 4.78 is 42.2. The Labute approximate surface area is 201 Å². The summed E-state index contributed by atoms with van der Waals surface area (Å²) in [5.74, 6) is -1.75. The molecule has 0 aliphatic carbocycles. The predicted molar refractivity (Wildman–Crippen MR) is 131 cm³/mol. The van der Waals surface area contributed by atoms with E-state index in [2.05, 4.69) is 5.32 Å². The van der Waals surface area contributed by atoms with Crippen LogP contribution in [0.2, 0.25) is 0 Å². The van der Waals surface area contributed by atoms with Crippen molar-refractivity contribution in [2.45, 2.75) is 39.3 Å². The summed E-state index contributed by atoms with van der Waals surface area (Å²) in [6.07, 6.45) is 0.464. The Morgan fingerprint density at radius 1 is 0.971 bits per heavy atom. The minimum Gasteiger partial charge on any atom is -0.352 e. The minimum atomic E-state index is -4.20. The lowest BCUT2D eigenvalue weighted by Crippen LogP contribution is -2.54. The standard InChI is InChI=1S/C24H33FN4O4S/c1-18(2)26-24(31)19(3)28(16-15-20-11-7-6-8-12-20)23(30)17-29(34(32,33)27(4)5)22-14-10-9-13-21(22)25/h6-14,18-19H,15-17H2,1-5H3,(H,26,31)/t19-/m1/s1. The Morgan fingerprint density at radius 3 is 2.12 bits per heavy atom. The molecule has 0 aromatic heterocycles. The fourth-order valence-electron chi connectivity index (χ4n) is 3.33. The van der Waals surface area contributed by atoms with E-state index in [1.165, 1.54) is 37.2 Å². The summed E-state index contributed by atoms with van der Waals surface area (Å²) in [4.78, 5) is 27.5. The van der Waals surface area contributed by atoms with Gasteiger partial charge in [0.05, 0.1) is 5.69 Å².